The van der Waals surface area contributed by atoms with E-state index in [2.05, 4.69) is 41.2 Å². The molecule has 1 heterocycles. The van der Waals surface area contributed by atoms with Gasteiger partial charge >= 0.3 is 0 Å². The predicted octanol–water partition coefficient (Wildman–Crippen LogP) is 2.83. The van der Waals surface area contributed by atoms with Gasteiger partial charge in [0.25, 0.3) is 0 Å². The highest BCUT2D eigenvalue weighted by Gasteiger charge is 2.34. The molecule has 0 saturated carbocycles. The van der Waals surface area contributed by atoms with Gasteiger partial charge in [0.1, 0.15) is 0 Å². The van der Waals surface area contributed by atoms with Crippen LogP contribution in [0.3, 0.4) is 0 Å². The highest BCUT2D eigenvalue weighted by molar-refractivity contribution is 14.0. The minimum atomic E-state index is 0. The zero-order valence-corrected chi connectivity index (χ0v) is 15.5. The number of nitrogens with zero attached hydrogens (tertiary/aromatic N) is 1. The molecule has 1 fully saturated rings. The number of hydrogen-bond donors (Lipinski definition) is 2. The van der Waals surface area contributed by atoms with Crippen molar-refractivity contribution in [3.8, 4) is 0 Å². The van der Waals surface area contributed by atoms with Gasteiger partial charge in [0, 0.05) is 25.2 Å². The number of hydrogen-bond acceptors (Lipinski definition) is 2. The fraction of sp³-hybridized carbons (Fsp3) is 0.471. The fourth-order valence-corrected chi connectivity index (χ4v) is 2.63. The van der Waals surface area contributed by atoms with E-state index in [1.165, 1.54) is 5.56 Å². The van der Waals surface area contributed by atoms with E-state index < -0.39 is 0 Å². The lowest BCUT2D eigenvalue weighted by Gasteiger charge is -2.36. The Hall–Kier alpha value is -1.08. The van der Waals surface area contributed by atoms with E-state index in [4.69, 9.17) is 10.5 Å². The molecule has 0 aromatic heterocycles. The molecule has 0 aliphatic carbocycles. The number of halogens is 1. The summed E-state index contributed by atoms with van der Waals surface area (Å²) in [7, 11) is 0. The second-order valence-corrected chi connectivity index (χ2v) is 5.77. The summed E-state index contributed by atoms with van der Waals surface area (Å²) in [4.78, 5) is 4.55. The SMILES string of the molecule is C=C(C)CNC(N)=NCC1(c2ccccc2)CCOCC1.I. The molecular weight excluding hydrogens is 389 g/mol. The van der Waals surface area contributed by atoms with Crippen LogP contribution in [0.15, 0.2) is 47.5 Å². The van der Waals surface area contributed by atoms with E-state index in [1.54, 1.807) is 0 Å². The topological polar surface area (TPSA) is 59.6 Å². The molecule has 22 heavy (non-hydrogen) atoms. The molecule has 0 atom stereocenters. The summed E-state index contributed by atoms with van der Waals surface area (Å²) in [5.41, 5.74) is 8.34. The molecule has 0 radical (unpaired) electrons. The first-order chi connectivity index (χ1) is 10.1. The summed E-state index contributed by atoms with van der Waals surface area (Å²) in [6, 6.07) is 10.6. The van der Waals surface area contributed by atoms with Gasteiger partial charge < -0.3 is 15.8 Å². The summed E-state index contributed by atoms with van der Waals surface area (Å²) in [5.74, 6) is 0.486. The highest BCUT2D eigenvalue weighted by atomic mass is 127. The monoisotopic (exact) mass is 415 g/mol. The average Bonchev–Trinajstić information content (AvgIpc) is 2.52. The zero-order valence-electron chi connectivity index (χ0n) is 13.2. The number of rotatable bonds is 5. The molecule has 5 heteroatoms. The molecule has 1 aromatic rings. The maximum absolute atomic E-state index is 5.94. The zero-order chi connectivity index (χ0) is 15.1. The summed E-state index contributed by atoms with van der Waals surface area (Å²) in [6.07, 6.45) is 1.96. The Labute approximate surface area is 150 Å². The standard InChI is InChI=1S/C17H25N3O.HI/c1-14(2)12-19-16(18)20-13-17(8-10-21-11-9-17)15-6-4-3-5-7-15;/h3-7H,1,8-13H2,2H3,(H3,18,19,20);1H. The van der Waals surface area contributed by atoms with Crippen LogP contribution in [0.5, 0.6) is 0 Å². The minimum Gasteiger partial charge on any atom is -0.381 e. The molecule has 4 nitrogen and oxygen atoms in total. The van der Waals surface area contributed by atoms with Crippen LogP contribution in [0.4, 0.5) is 0 Å². The van der Waals surface area contributed by atoms with Crippen molar-refractivity contribution in [3.63, 3.8) is 0 Å². The number of nitrogens with two attached hydrogens (primary N) is 1. The third-order valence-electron chi connectivity index (χ3n) is 3.96. The first kappa shape index (κ1) is 19.0. The van der Waals surface area contributed by atoms with Gasteiger partial charge in [0.2, 0.25) is 0 Å². The van der Waals surface area contributed by atoms with E-state index >= 15 is 0 Å². The minimum absolute atomic E-state index is 0. The molecule has 0 amide bonds. The second-order valence-electron chi connectivity index (χ2n) is 5.77. The molecule has 0 bridgehead atoms. The van der Waals surface area contributed by atoms with Gasteiger partial charge in [0.15, 0.2) is 5.96 Å². The first-order valence-electron chi connectivity index (χ1n) is 7.44. The molecule has 1 saturated heterocycles. The van der Waals surface area contributed by atoms with E-state index in [0.717, 1.165) is 31.6 Å². The summed E-state index contributed by atoms with van der Waals surface area (Å²) >= 11 is 0. The quantitative estimate of drug-likeness (QED) is 0.337. The number of aliphatic imine (C=N–C) groups is 1. The maximum Gasteiger partial charge on any atom is 0.188 e. The first-order valence-corrected chi connectivity index (χ1v) is 7.44. The average molecular weight is 415 g/mol. The van der Waals surface area contributed by atoms with E-state index in [9.17, 15) is 0 Å². The summed E-state index contributed by atoms with van der Waals surface area (Å²) in [5, 5.41) is 3.09. The lowest BCUT2D eigenvalue weighted by atomic mass is 9.74. The molecule has 122 valence electrons. The molecule has 0 spiro atoms. The lowest BCUT2D eigenvalue weighted by molar-refractivity contribution is 0.0531. The Bertz CT molecular complexity index is 496. The van der Waals surface area contributed by atoms with Gasteiger partial charge in [-0.25, -0.2) is 0 Å². The van der Waals surface area contributed by atoms with Crippen molar-refractivity contribution in [2.45, 2.75) is 25.2 Å². The van der Waals surface area contributed by atoms with E-state index in [1.807, 2.05) is 13.0 Å². The van der Waals surface area contributed by atoms with Crippen molar-refractivity contribution in [3.05, 3.63) is 48.0 Å². The van der Waals surface area contributed by atoms with Crippen molar-refractivity contribution < 1.29 is 4.74 Å². The Morgan fingerprint density at radius 1 is 1.32 bits per heavy atom. The number of ether oxygens (including phenoxy) is 1. The Balaban J connectivity index is 0.00000242. The summed E-state index contributed by atoms with van der Waals surface area (Å²) in [6.45, 7) is 8.73. The normalized spacial score (nSPS) is 17.4. The van der Waals surface area contributed by atoms with E-state index in [0.29, 0.717) is 19.0 Å². The Morgan fingerprint density at radius 2 is 1.95 bits per heavy atom. The number of nitrogens with one attached hydrogen (secondary N) is 1. The smallest absolute Gasteiger partial charge is 0.188 e. The lowest BCUT2D eigenvalue weighted by Crippen LogP contribution is -2.39. The van der Waals surface area contributed by atoms with Crippen molar-refractivity contribution in [2.75, 3.05) is 26.3 Å². The van der Waals surface area contributed by atoms with Crippen LogP contribution in [0.2, 0.25) is 0 Å². The van der Waals surface area contributed by atoms with Crippen LogP contribution >= 0.6 is 24.0 Å². The molecule has 0 unspecified atom stereocenters. The largest absolute Gasteiger partial charge is 0.381 e. The van der Waals surface area contributed by atoms with Gasteiger partial charge in [-0.3, -0.25) is 4.99 Å². The van der Waals surface area contributed by atoms with Crippen LogP contribution in [0.25, 0.3) is 0 Å². The van der Waals surface area contributed by atoms with Crippen LogP contribution in [-0.2, 0) is 10.2 Å². The van der Waals surface area contributed by atoms with Crippen molar-refractivity contribution in [2.24, 2.45) is 10.7 Å². The van der Waals surface area contributed by atoms with Crippen molar-refractivity contribution in [1.82, 2.24) is 5.32 Å². The third-order valence-corrected chi connectivity index (χ3v) is 3.96. The molecule has 1 aromatic carbocycles. The van der Waals surface area contributed by atoms with Gasteiger partial charge in [-0.2, -0.15) is 0 Å². The van der Waals surface area contributed by atoms with Gasteiger partial charge in [-0.05, 0) is 25.3 Å². The van der Waals surface area contributed by atoms with Gasteiger partial charge in [-0.15, -0.1) is 24.0 Å². The van der Waals surface area contributed by atoms with Crippen LogP contribution in [-0.4, -0.2) is 32.3 Å². The number of guanidine groups is 1. The molecule has 1 aliphatic heterocycles. The van der Waals surface area contributed by atoms with Gasteiger partial charge in [0.05, 0.1) is 6.54 Å². The number of benzene rings is 1. The Kier molecular flexibility index (Phi) is 7.89. The predicted molar refractivity (Wildman–Crippen MR) is 103 cm³/mol. The van der Waals surface area contributed by atoms with Crippen LogP contribution < -0.4 is 11.1 Å². The van der Waals surface area contributed by atoms with Gasteiger partial charge in [-0.1, -0.05) is 42.5 Å². The Morgan fingerprint density at radius 3 is 2.55 bits per heavy atom. The summed E-state index contributed by atoms with van der Waals surface area (Å²) < 4.78 is 5.53. The van der Waals surface area contributed by atoms with Crippen LogP contribution in [0.1, 0.15) is 25.3 Å². The van der Waals surface area contributed by atoms with Crippen LogP contribution in [0, 0.1) is 0 Å². The third kappa shape index (κ3) is 5.28. The second kappa shape index (κ2) is 9.15. The van der Waals surface area contributed by atoms with Crippen molar-refractivity contribution in [1.29, 1.82) is 0 Å². The highest BCUT2D eigenvalue weighted by Crippen LogP contribution is 2.35. The fourth-order valence-electron chi connectivity index (χ4n) is 2.63. The van der Waals surface area contributed by atoms with E-state index in [-0.39, 0.29) is 29.4 Å². The molecule has 1 aliphatic rings. The molecular formula is C17H26IN3O. The molecule has 3 N–H and O–H groups in total. The molecule has 2 rings (SSSR count). The van der Waals surface area contributed by atoms with Crippen molar-refractivity contribution >= 4 is 29.9 Å². The maximum atomic E-state index is 5.94.